The van der Waals surface area contributed by atoms with Gasteiger partial charge in [0.1, 0.15) is 0 Å². The van der Waals surface area contributed by atoms with Gasteiger partial charge in [0.2, 0.25) is 0 Å². The van der Waals surface area contributed by atoms with Crippen molar-refractivity contribution in [2.75, 3.05) is 27.2 Å². The molecule has 1 aromatic rings. The van der Waals surface area contributed by atoms with E-state index in [1.165, 1.54) is 17.7 Å². The van der Waals surface area contributed by atoms with E-state index in [4.69, 9.17) is 0 Å². The zero-order valence-corrected chi connectivity index (χ0v) is 19.5. The molecule has 1 aromatic heterocycles. The van der Waals surface area contributed by atoms with Crippen molar-refractivity contribution in [2.45, 2.75) is 59.5 Å². The van der Waals surface area contributed by atoms with Crippen LogP contribution in [0.3, 0.4) is 0 Å². The largest absolute Gasteiger partial charge is 0.355 e. The molecule has 0 radical (unpaired) electrons. The van der Waals surface area contributed by atoms with Crippen LogP contribution in [0.15, 0.2) is 4.99 Å². The topological polar surface area (TPSA) is 57.5 Å². The molecule has 0 aromatic carbocycles. The number of hydrogen-bond donors (Lipinski definition) is 2. The van der Waals surface area contributed by atoms with Gasteiger partial charge < -0.3 is 15.5 Å². The van der Waals surface area contributed by atoms with Crippen molar-refractivity contribution in [1.29, 1.82) is 0 Å². The van der Waals surface area contributed by atoms with Crippen LogP contribution in [0, 0.1) is 13.8 Å². The van der Waals surface area contributed by atoms with E-state index in [1.54, 1.807) is 0 Å². The highest BCUT2D eigenvalue weighted by Gasteiger charge is 2.14. The molecule has 0 aliphatic carbocycles. The second-order valence-electron chi connectivity index (χ2n) is 6.76. The Labute approximate surface area is 170 Å². The zero-order valence-electron chi connectivity index (χ0n) is 17.2. The molecule has 0 bridgehead atoms. The summed E-state index contributed by atoms with van der Waals surface area (Å²) in [6, 6.07) is 0.905. The Morgan fingerprint density at radius 1 is 1.32 bits per heavy atom. The van der Waals surface area contributed by atoms with Gasteiger partial charge in [-0.2, -0.15) is 5.10 Å². The van der Waals surface area contributed by atoms with E-state index < -0.39 is 0 Å². The predicted octanol–water partition coefficient (Wildman–Crippen LogP) is 2.48. The molecular formula is C18H37IN6. The third-order valence-electron chi connectivity index (χ3n) is 4.88. The normalized spacial score (nSPS) is 14.2. The van der Waals surface area contributed by atoms with Gasteiger partial charge in [-0.15, -0.1) is 24.0 Å². The van der Waals surface area contributed by atoms with Crippen LogP contribution in [0.4, 0.5) is 0 Å². The maximum Gasteiger partial charge on any atom is 0.191 e. The molecule has 146 valence electrons. The van der Waals surface area contributed by atoms with Crippen molar-refractivity contribution in [2.24, 2.45) is 12.0 Å². The first-order chi connectivity index (χ1) is 11.3. The summed E-state index contributed by atoms with van der Waals surface area (Å²) >= 11 is 0. The first-order valence-corrected chi connectivity index (χ1v) is 8.96. The Hall–Kier alpha value is -0.830. The number of rotatable bonds is 8. The summed E-state index contributed by atoms with van der Waals surface area (Å²) in [5, 5.41) is 11.4. The summed E-state index contributed by atoms with van der Waals surface area (Å²) in [5.74, 6) is 0.860. The van der Waals surface area contributed by atoms with Crippen LogP contribution < -0.4 is 10.6 Å². The average Bonchev–Trinajstić information content (AvgIpc) is 2.79. The molecule has 0 aliphatic heterocycles. The van der Waals surface area contributed by atoms with Crippen molar-refractivity contribution in [3.8, 4) is 0 Å². The summed E-state index contributed by atoms with van der Waals surface area (Å²) in [7, 11) is 5.99. The Morgan fingerprint density at radius 2 is 1.96 bits per heavy atom. The van der Waals surface area contributed by atoms with Crippen molar-refractivity contribution in [3.63, 3.8) is 0 Å². The molecule has 2 unspecified atom stereocenters. The minimum Gasteiger partial charge on any atom is -0.355 e. The van der Waals surface area contributed by atoms with E-state index in [2.05, 4.69) is 67.3 Å². The van der Waals surface area contributed by atoms with E-state index >= 15 is 0 Å². The number of aliphatic imine (C=N–C) groups is 1. The predicted molar refractivity (Wildman–Crippen MR) is 118 cm³/mol. The summed E-state index contributed by atoms with van der Waals surface area (Å²) < 4.78 is 1.95. The minimum atomic E-state index is 0. The monoisotopic (exact) mass is 464 g/mol. The number of aryl methyl sites for hydroxylation is 2. The zero-order chi connectivity index (χ0) is 18.3. The molecule has 0 saturated heterocycles. The Bertz CT molecular complexity index is 540. The van der Waals surface area contributed by atoms with Crippen LogP contribution in [0.25, 0.3) is 0 Å². The summed E-state index contributed by atoms with van der Waals surface area (Å²) in [6.07, 6.45) is 2.11. The molecule has 0 spiro atoms. The van der Waals surface area contributed by atoms with E-state index in [0.29, 0.717) is 12.1 Å². The lowest BCUT2D eigenvalue weighted by molar-refractivity contribution is 0.255. The van der Waals surface area contributed by atoms with Gasteiger partial charge >= 0.3 is 0 Å². The van der Waals surface area contributed by atoms with E-state index in [0.717, 1.165) is 31.2 Å². The highest BCUT2D eigenvalue weighted by Crippen LogP contribution is 2.14. The molecule has 0 fully saturated rings. The summed E-state index contributed by atoms with van der Waals surface area (Å²) in [6.45, 7) is 12.8. The number of hydrogen-bond acceptors (Lipinski definition) is 3. The van der Waals surface area contributed by atoms with Gasteiger partial charge in [-0.3, -0.25) is 9.67 Å². The second-order valence-corrected chi connectivity index (χ2v) is 6.76. The molecule has 25 heavy (non-hydrogen) atoms. The van der Waals surface area contributed by atoms with Gasteiger partial charge in [0.05, 0.1) is 5.69 Å². The molecule has 7 heteroatoms. The SMILES string of the molecule is CCC(C)N(C)CCNC(=NC)NC(C)Cc1c(C)nn(C)c1C.I. The lowest BCUT2D eigenvalue weighted by atomic mass is 10.1. The van der Waals surface area contributed by atoms with Gasteiger partial charge in [0.15, 0.2) is 5.96 Å². The number of nitrogens with one attached hydrogen (secondary N) is 2. The fourth-order valence-electron chi connectivity index (χ4n) is 2.78. The Kier molecular flexibility index (Phi) is 11.3. The van der Waals surface area contributed by atoms with Crippen LogP contribution in [0.5, 0.6) is 0 Å². The second kappa shape index (κ2) is 11.7. The van der Waals surface area contributed by atoms with Crippen molar-refractivity contribution >= 4 is 29.9 Å². The highest BCUT2D eigenvalue weighted by molar-refractivity contribution is 14.0. The van der Waals surface area contributed by atoms with Crippen LogP contribution in [0.2, 0.25) is 0 Å². The minimum absolute atomic E-state index is 0. The molecular weight excluding hydrogens is 427 g/mol. The van der Waals surface area contributed by atoms with Crippen LogP contribution in [-0.4, -0.2) is 59.9 Å². The summed E-state index contributed by atoms with van der Waals surface area (Å²) in [5.41, 5.74) is 3.67. The Morgan fingerprint density at radius 3 is 2.44 bits per heavy atom. The van der Waals surface area contributed by atoms with E-state index in [1.807, 2.05) is 18.8 Å². The van der Waals surface area contributed by atoms with Gasteiger partial charge in [0.25, 0.3) is 0 Å². The van der Waals surface area contributed by atoms with Crippen molar-refractivity contribution < 1.29 is 0 Å². The fraction of sp³-hybridized carbons (Fsp3) is 0.778. The summed E-state index contributed by atoms with van der Waals surface area (Å²) in [4.78, 5) is 6.70. The van der Waals surface area contributed by atoms with Crippen LogP contribution >= 0.6 is 24.0 Å². The Balaban J connectivity index is 0.00000576. The van der Waals surface area contributed by atoms with Gasteiger partial charge in [0, 0.05) is 45.0 Å². The fourth-order valence-corrected chi connectivity index (χ4v) is 2.78. The van der Waals surface area contributed by atoms with E-state index in [-0.39, 0.29) is 24.0 Å². The lowest BCUT2D eigenvalue weighted by Gasteiger charge is -2.24. The van der Waals surface area contributed by atoms with E-state index in [9.17, 15) is 0 Å². The number of aromatic nitrogens is 2. The number of guanidine groups is 1. The molecule has 1 heterocycles. The quantitative estimate of drug-likeness (QED) is 0.353. The smallest absolute Gasteiger partial charge is 0.191 e. The molecule has 2 N–H and O–H groups in total. The van der Waals surface area contributed by atoms with Gasteiger partial charge in [-0.25, -0.2) is 0 Å². The van der Waals surface area contributed by atoms with Crippen molar-refractivity contribution in [3.05, 3.63) is 17.0 Å². The first kappa shape index (κ1) is 24.2. The van der Waals surface area contributed by atoms with Gasteiger partial charge in [-0.1, -0.05) is 6.92 Å². The molecule has 0 amide bonds. The first-order valence-electron chi connectivity index (χ1n) is 8.96. The average molecular weight is 464 g/mol. The molecule has 1 rings (SSSR count). The van der Waals surface area contributed by atoms with Gasteiger partial charge in [-0.05, 0) is 53.1 Å². The lowest BCUT2D eigenvalue weighted by Crippen LogP contribution is -2.46. The maximum absolute atomic E-state index is 4.49. The molecule has 2 atom stereocenters. The van der Waals surface area contributed by atoms with Crippen LogP contribution in [-0.2, 0) is 13.5 Å². The number of halogens is 1. The van der Waals surface area contributed by atoms with Crippen molar-refractivity contribution in [1.82, 2.24) is 25.3 Å². The molecule has 0 aliphatic rings. The molecule has 6 nitrogen and oxygen atoms in total. The highest BCUT2D eigenvalue weighted by atomic mass is 127. The third-order valence-corrected chi connectivity index (χ3v) is 4.88. The molecule has 0 saturated carbocycles. The van der Waals surface area contributed by atoms with Crippen LogP contribution in [0.1, 0.15) is 44.1 Å². The number of nitrogens with zero attached hydrogens (tertiary/aromatic N) is 4. The maximum atomic E-state index is 4.49. The standard InChI is InChI=1S/C18H36N6.HI/c1-9-14(3)23(7)11-10-20-18(19-6)21-13(2)12-17-15(4)22-24(8)16(17)5;/h13-14H,9-12H2,1-8H3,(H2,19,20,21);1H. The number of likely N-dealkylation sites (N-methyl/N-ethyl adjacent to an activating group) is 1. The third kappa shape index (κ3) is 7.52.